The Kier molecular flexibility index (Phi) is 6.93. The molecule has 0 rings (SSSR count). The average molecular weight is 338 g/mol. The van der Waals surface area contributed by atoms with E-state index in [1.807, 2.05) is 0 Å². The average Bonchev–Trinajstić information content (AvgIpc) is 1.58. The zero-order valence-electron chi connectivity index (χ0n) is 4.99. The molecule has 0 bridgehead atoms. The maximum absolute atomic E-state index is 8.97. The number of rotatable bonds is 4. The minimum atomic E-state index is -2.73. The van der Waals surface area contributed by atoms with Crippen molar-refractivity contribution in [3.8, 4) is 0 Å². The van der Waals surface area contributed by atoms with Gasteiger partial charge in [-0.2, -0.15) is 0 Å². The van der Waals surface area contributed by atoms with E-state index in [9.17, 15) is 0 Å². The van der Waals surface area contributed by atoms with E-state index in [0.29, 0.717) is 0 Å². The molecule has 0 aliphatic rings. The molecule has 0 spiro atoms. The van der Waals surface area contributed by atoms with E-state index < -0.39 is 45.7 Å². The van der Waals surface area contributed by atoms with E-state index in [1.165, 1.54) is 0 Å². The first-order valence-corrected chi connectivity index (χ1v) is 11.8. The summed E-state index contributed by atoms with van der Waals surface area (Å²) in [6, 6.07) is 0. The molecule has 8 heteroatoms. The van der Waals surface area contributed by atoms with Gasteiger partial charge in [-0.15, -0.1) is 0 Å². The molecule has 0 saturated heterocycles. The zero-order chi connectivity index (χ0) is 8.15. The fraction of sp³-hybridized carbons (Fsp3) is 1.00. The van der Waals surface area contributed by atoms with Crippen LogP contribution in [0.3, 0.4) is 0 Å². The second-order valence-corrected chi connectivity index (χ2v) is 14.1. The summed E-state index contributed by atoms with van der Waals surface area (Å²) in [7, 11) is 0. The second-order valence-electron chi connectivity index (χ2n) is 1.53. The Morgan fingerprint density at radius 2 is 1.20 bits per heavy atom. The predicted molar refractivity (Wildman–Crippen MR) is 38.0 cm³/mol. The SMILES string of the molecule is O[As](C[As+](O)O)C[As+](O)O. The predicted octanol–water partition coefficient (Wildman–Crippen LogP) is -3.01. The first kappa shape index (κ1) is 11.5. The van der Waals surface area contributed by atoms with Crippen LogP contribution in [0.25, 0.3) is 0 Å². The molecule has 0 aliphatic heterocycles. The van der Waals surface area contributed by atoms with Gasteiger partial charge >= 0.3 is 74.1 Å². The first-order valence-electron chi connectivity index (χ1n) is 2.26. The van der Waals surface area contributed by atoms with Crippen LogP contribution in [0, 0.1) is 0 Å². The topological polar surface area (TPSA) is 101 Å². The summed E-state index contributed by atoms with van der Waals surface area (Å²) in [5.41, 5.74) is 0. The quantitative estimate of drug-likeness (QED) is 0.352. The summed E-state index contributed by atoms with van der Waals surface area (Å²) < 4.78 is 43.0. The van der Waals surface area contributed by atoms with Gasteiger partial charge in [-0.3, -0.25) is 0 Å². The van der Waals surface area contributed by atoms with Crippen molar-refractivity contribution in [2.75, 3.05) is 0 Å². The van der Waals surface area contributed by atoms with Gasteiger partial charge in [0.05, 0.1) is 0 Å². The fourth-order valence-electron chi connectivity index (χ4n) is 0.337. The number of hydrogen-bond acceptors (Lipinski definition) is 5. The van der Waals surface area contributed by atoms with E-state index in [1.54, 1.807) is 0 Å². The molecule has 0 aromatic carbocycles. The summed E-state index contributed by atoms with van der Waals surface area (Å²) in [6.07, 6.45) is 0. The minimum absolute atomic E-state index is 0.0619. The molecule has 0 heterocycles. The van der Waals surface area contributed by atoms with Crippen molar-refractivity contribution in [2.45, 2.75) is 7.99 Å². The molecule has 5 nitrogen and oxygen atoms in total. The standard InChI is InChI=1S/C2H9As3O5/c6-3(1-4(7)8)2-5(9)10/h6-10H,1-2H2/q+2. The molecule has 60 valence electrons. The molecule has 0 aromatic heterocycles. The van der Waals surface area contributed by atoms with Gasteiger partial charge < -0.3 is 0 Å². The monoisotopic (exact) mass is 338 g/mol. The Balaban J connectivity index is 3.34. The third kappa shape index (κ3) is 7.58. The van der Waals surface area contributed by atoms with Gasteiger partial charge in [0.2, 0.25) is 0 Å². The van der Waals surface area contributed by atoms with Gasteiger partial charge in [0.15, 0.2) is 0 Å². The summed E-state index contributed by atoms with van der Waals surface area (Å²) in [6.45, 7) is 0. The Morgan fingerprint density at radius 3 is 1.40 bits per heavy atom. The maximum atomic E-state index is 8.97. The molecule has 0 saturated carbocycles. The van der Waals surface area contributed by atoms with Crippen LogP contribution in [0.2, 0.25) is 7.99 Å². The van der Waals surface area contributed by atoms with E-state index in [-0.39, 0.29) is 7.99 Å². The van der Waals surface area contributed by atoms with Crippen LogP contribution in [0.4, 0.5) is 0 Å². The van der Waals surface area contributed by atoms with Crippen molar-refractivity contribution in [3.05, 3.63) is 0 Å². The van der Waals surface area contributed by atoms with E-state index >= 15 is 0 Å². The van der Waals surface area contributed by atoms with Crippen molar-refractivity contribution in [2.24, 2.45) is 0 Å². The molecule has 0 atom stereocenters. The summed E-state index contributed by atoms with van der Waals surface area (Å²) in [5, 5.41) is 0. The normalized spacial score (nSPS) is 12.0. The van der Waals surface area contributed by atoms with Crippen LogP contribution in [-0.4, -0.2) is 66.1 Å². The Hall–Kier alpha value is 1.48. The van der Waals surface area contributed by atoms with E-state index in [2.05, 4.69) is 0 Å². The Labute approximate surface area is 73.9 Å². The van der Waals surface area contributed by atoms with Crippen molar-refractivity contribution in [1.29, 1.82) is 0 Å². The molecule has 0 aromatic rings. The fourth-order valence-corrected chi connectivity index (χ4v) is 14.2. The summed E-state index contributed by atoms with van der Waals surface area (Å²) in [5.74, 6) is 0. The van der Waals surface area contributed by atoms with Crippen LogP contribution < -0.4 is 0 Å². The Morgan fingerprint density at radius 1 is 0.900 bits per heavy atom. The van der Waals surface area contributed by atoms with Crippen LogP contribution in [0.15, 0.2) is 0 Å². The molecule has 0 amide bonds. The zero-order valence-corrected chi connectivity index (χ0v) is 10.6. The summed E-state index contributed by atoms with van der Waals surface area (Å²) >= 11 is -7.71. The van der Waals surface area contributed by atoms with Crippen molar-refractivity contribution in [1.82, 2.24) is 0 Å². The van der Waals surface area contributed by atoms with Gasteiger partial charge in [0, 0.05) is 0 Å². The van der Waals surface area contributed by atoms with Crippen LogP contribution in [0.5, 0.6) is 0 Å². The van der Waals surface area contributed by atoms with Gasteiger partial charge in [-0.05, 0) is 0 Å². The molecule has 0 unspecified atom stereocenters. The first-order chi connectivity index (χ1) is 4.52. The van der Waals surface area contributed by atoms with E-state index in [4.69, 9.17) is 20.5 Å². The third-order valence-electron chi connectivity index (χ3n) is 0.579. The van der Waals surface area contributed by atoms with Gasteiger partial charge in [-0.1, -0.05) is 0 Å². The van der Waals surface area contributed by atoms with Crippen LogP contribution in [0.1, 0.15) is 0 Å². The molecule has 2 radical (unpaired) electrons. The Bertz CT molecular complexity index is 77.0. The third-order valence-corrected chi connectivity index (χ3v) is 15.6. The van der Waals surface area contributed by atoms with Crippen molar-refractivity contribution >= 4 is 45.7 Å². The molecule has 0 aliphatic carbocycles. The van der Waals surface area contributed by atoms with Gasteiger partial charge in [0.25, 0.3) is 0 Å². The van der Waals surface area contributed by atoms with Crippen molar-refractivity contribution < 1.29 is 20.5 Å². The summed E-state index contributed by atoms with van der Waals surface area (Å²) in [4.78, 5) is 0. The van der Waals surface area contributed by atoms with Gasteiger partial charge in [0.1, 0.15) is 0 Å². The molecule has 10 heavy (non-hydrogen) atoms. The molecular weight excluding hydrogens is 329 g/mol. The molecular formula is C2H9As3O5+2. The van der Waals surface area contributed by atoms with E-state index in [0.717, 1.165) is 0 Å². The number of hydrogen-bond donors (Lipinski definition) is 5. The van der Waals surface area contributed by atoms with Crippen molar-refractivity contribution in [3.63, 3.8) is 0 Å². The molecule has 0 fully saturated rings. The van der Waals surface area contributed by atoms with Crippen LogP contribution in [-0.2, 0) is 0 Å². The van der Waals surface area contributed by atoms with Crippen LogP contribution >= 0.6 is 0 Å². The second kappa shape index (κ2) is 6.04. The molecule has 5 N–H and O–H groups in total. The van der Waals surface area contributed by atoms with Gasteiger partial charge in [-0.25, -0.2) is 0 Å².